The predicted octanol–water partition coefficient (Wildman–Crippen LogP) is 2.32. The molecule has 0 bridgehead atoms. The van der Waals surface area contributed by atoms with Crippen molar-refractivity contribution >= 4 is 15.9 Å². The van der Waals surface area contributed by atoms with Gasteiger partial charge < -0.3 is 10.6 Å². The zero-order valence-corrected chi connectivity index (χ0v) is 11.8. The lowest BCUT2D eigenvalue weighted by atomic mass is 10.1. The second-order valence-corrected chi connectivity index (χ2v) is 5.78. The highest BCUT2D eigenvalue weighted by Crippen LogP contribution is 2.08. The first-order chi connectivity index (χ1) is 7.47. The predicted molar refractivity (Wildman–Crippen MR) is 71.4 cm³/mol. The molecule has 16 heavy (non-hydrogen) atoms. The maximum Gasteiger partial charge on any atom is 0.0410 e. The quantitative estimate of drug-likeness (QED) is 0.816. The molecule has 0 aromatic carbocycles. The first kappa shape index (κ1) is 13.6. The molecule has 1 heterocycles. The van der Waals surface area contributed by atoms with Crippen molar-refractivity contribution in [3.05, 3.63) is 28.5 Å². The van der Waals surface area contributed by atoms with Crippen molar-refractivity contribution in [1.29, 1.82) is 0 Å². The Labute approximate surface area is 106 Å². The van der Waals surface area contributed by atoms with Crippen molar-refractivity contribution in [3.8, 4) is 0 Å². The molecule has 0 amide bonds. The standard InChI is InChI=1S/C12H20BrN3/c1-12(2,3)16-5-4-14-7-10-6-11(13)9-15-8-10/h6,8-9,14,16H,4-5,7H2,1-3H3. The summed E-state index contributed by atoms with van der Waals surface area (Å²) >= 11 is 3.41. The minimum atomic E-state index is 0.193. The molecule has 1 aromatic heterocycles. The van der Waals surface area contributed by atoms with E-state index in [-0.39, 0.29) is 5.54 Å². The van der Waals surface area contributed by atoms with Gasteiger partial charge in [-0.1, -0.05) is 0 Å². The summed E-state index contributed by atoms with van der Waals surface area (Å²) in [7, 11) is 0. The molecule has 0 unspecified atom stereocenters. The number of pyridine rings is 1. The monoisotopic (exact) mass is 285 g/mol. The Morgan fingerprint density at radius 3 is 2.62 bits per heavy atom. The van der Waals surface area contributed by atoms with Gasteiger partial charge in [0.1, 0.15) is 0 Å². The number of rotatable bonds is 5. The third-order valence-electron chi connectivity index (χ3n) is 2.05. The zero-order valence-electron chi connectivity index (χ0n) is 10.2. The molecule has 0 radical (unpaired) electrons. The average molecular weight is 286 g/mol. The van der Waals surface area contributed by atoms with Gasteiger partial charge in [-0.05, 0) is 48.3 Å². The van der Waals surface area contributed by atoms with Crippen molar-refractivity contribution in [2.45, 2.75) is 32.9 Å². The third kappa shape index (κ3) is 6.20. The van der Waals surface area contributed by atoms with E-state index in [4.69, 9.17) is 0 Å². The van der Waals surface area contributed by atoms with Crippen LogP contribution in [0.5, 0.6) is 0 Å². The van der Waals surface area contributed by atoms with Crippen LogP contribution in [0.1, 0.15) is 26.3 Å². The van der Waals surface area contributed by atoms with Crippen LogP contribution >= 0.6 is 15.9 Å². The topological polar surface area (TPSA) is 37.0 Å². The minimum absolute atomic E-state index is 0.193. The van der Waals surface area contributed by atoms with Crippen LogP contribution < -0.4 is 10.6 Å². The first-order valence-electron chi connectivity index (χ1n) is 5.52. The molecule has 4 heteroatoms. The molecule has 0 fully saturated rings. The fourth-order valence-corrected chi connectivity index (χ4v) is 1.72. The van der Waals surface area contributed by atoms with Crippen molar-refractivity contribution in [2.75, 3.05) is 13.1 Å². The van der Waals surface area contributed by atoms with Crippen LogP contribution in [0.15, 0.2) is 22.9 Å². The summed E-state index contributed by atoms with van der Waals surface area (Å²) in [5.41, 5.74) is 1.39. The van der Waals surface area contributed by atoms with Crippen LogP contribution in [-0.4, -0.2) is 23.6 Å². The second kappa shape index (κ2) is 6.33. The van der Waals surface area contributed by atoms with Crippen LogP contribution in [0.2, 0.25) is 0 Å². The van der Waals surface area contributed by atoms with E-state index in [0.717, 1.165) is 24.1 Å². The van der Waals surface area contributed by atoms with Crippen molar-refractivity contribution in [3.63, 3.8) is 0 Å². The number of nitrogens with zero attached hydrogens (tertiary/aromatic N) is 1. The lowest BCUT2D eigenvalue weighted by molar-refractivity contribution is 0.421. The molecular weight excluding hydrogens is 266 g/mol. The minimum Gasteiger partial charge on any atom is -0.311 e. The molecule has 0 saturated heterocycles. The van der Waals surface area contributed by atoms with Gasteiger partial charge in [-0.25, -0.2) is 0 Å². The maximum atomic E-state index is 4.12. The summed E-state index contributed by atoms with van der Waals surface area (Å²) in [4.78, 5) is 4.12. The molecule has 1 aromatic rings. The molecule has 90 valence electrons. The molecule has 0 spiro atoms. The van der Waals surface area contributed by atoms with Gasteiger partial charge in [0.05, 0.1) is 0 Å². The maximum absolute atomic E-state index is 4.12. The van der Waals surface area contributed by atoms with Crippen LogP contribution in [-0.2, 0) is 6.54 Å². The van der Waals surface area contributed by atoms with Crippen LogP contribution in [0, 0.1) is 0 Å². The van der Waals surface area contributed by atoms with E-state index < -0.39 is 0 Å². The van der Waals surface area contributed by atoms with E-state index in [1.807, 2.05) is 6.20 Å². The Morgan fingerprint density at radius 2 is 2.00 bits per heavy atom. The SMILES string of the molecule is CC(C)(C)NCCNCc1cncc(Br)c1. The molecular formula is C12H20BrN3. The van der Waals surface area contributed by atoms with Crippen LogP contribution in [0.4, 0.5) is 0 Å². The Kier molecular flexibility index (Phi) is 5.38. The average Bonchev–Trinajstić information content (AvgIpc) is 2.15. The lowest BCUT2D eigenvalue weighted by Crippen LogP contribution is -2.40. The van der Waals surface area contributed by atoms with Gasteiger partial charge in [0, 0.05) is 42.0 Å². The number of aromatic nitrogens is 1. The van der Waals surface area contributed by atoms with Gasteiger partial charge >= 0.3 is 0 Å². The Morgan fingerprint density at radius 1 is 1.25 bits per heavy atom. The van der Waals surface area contributed by atoms with Gasteiger partial charge in [0.2, 0.25) is 0 Å². The summed E-state index contributed by atoms with van der Waals surface area (Å²) < 4.78 is 1.03. The summed E-state index contributed by atoms with van der Waals surface area (Å²) in [5, 5.41) is 6.81. The Bertz CT molecular complexity index is 320. The largest absolute Gasteiger partial charge is 0.311 e. The van der Waals surface area contributed by atoms with Crippen LogP contribution in [0.25, 0.3) is 0 Å². The number of hydrogen-bond donors (Lipinski definition) is 2. The molecule has 2 N–H and O–H groups in total. The molecule has 0 aliphatic heterocycles. The van der Waals surface area contributed by atoms with E-state index in [0.29, 0.717) is 0 Å². The molecule has 3 nitrogen and oxygen atoms in total. The van der Waals surface area contributed by atoms with E-state index >= 15 is 0 Å². The normalized spacial score (nSPS) is 11.8. The fourth-order valence-electron chi connectivity index (χ4n) is 1.31. The highest BCUT2D eigenvalue weighted by Gasteiger charge is 2.06. The highest BCUT2D eigenvalue weighted by atomic mass is 79.9. The number of nitrogens with one attached hydrogen (secondary N) is 2. The Hall–Kier alpha value is -0.450. The van der Waals surface area contributed by atoms with Gasteiger partial charge in [-0.3, -0.25) is 4.98 Å². The Balaban J connectivity index is 2.17. The summed E-state index contributed by atoms with van der Waals surface area (Å²) in [6.45, 7) is 9.31. The molecule has 0 atom stereocenters. The highest BCUT2D eigenvalue weighted by molar-refractivity contribution is 9.10. The molecule has 0 aliphatic carbocycles. The number of halogens is 1. The van der Waals surface area contributed by atoms with E-state index in [2.05, 4.69) is 58.4 Å². The van der Waals surface area contributed by atoms with Gasteiger partial charge in [0.15, 0.2) is 0 Å². The van der Waals surface area contributed by atoms with Crippen molar-refractivity contribution < 1.29 is 0 Å². The van der Waals surface area contributed by atoms with E-state index in [1.165, 1.54) is 5.56 Å². The van der Waals surface area contributed by atoms with Gasteiger partial charge in [0.25, 0.3) is 0 Å². The zero-order chi connectivity index (χ0) is 12.0. The van der Waals surface area contributed by atoms with E-state index in [1.54, 1.807) is 6.20 Å². The smallest absolute Gasteiger partial charge is 0.0410 e. The first-order valence-corrected chi connectivity index (χ1v) is 6.32. The fraction of sp³-hybridized carbons (Fsp3) is 0.583. The van der Waals surface area contributed by atoms with Gasteiger partial charge in [-0.15, -0.1) is 0 Å². The summed E-state index contributed by atoms with van der Waals surface area (Å²) in [5.74, 6) is 0. The van der Waals surface area contributed by atoms with Crippen molar-refractivity contribution in [1.82, 2.24) is 15.6 Å². The van der Waals surface area contributed by atoms with Crippen LogP contribution in [0.3, 0.4) is 0 Å². The molecule has 0 saturated carbocycles. The molecule has 1 rings (SSSR count). The van der Waals surface area contributed by atoms with Crippen molar-refractivity contribution in [2.24, 2.45) is 0 Å². The van der Waals surface area contributed by atoms with E-state index in [9.17, 15) is 0 Å². The third-order valence-corrected chi connectivity index (χ3v) is 2.48. The number of hydrogen-bond acceptors (Lipinski definition) is 3. The molecule has 0 aliphatic rings. The summed E-state index contributed by atoms with van der Waals surface area (Å²) in [6, 6.07) is 2.08. The second-order valence-electron chi connectivity index (χ2n) is 4.86. The van der Waals surface area contributed by atoms with Gasteiger partial charge in [-0.2, -0.15) is 0 Å². The lowest BCUT2D eigenvalue weighted by Gasteiger charge is -2.20. The summed E-state index contributed by atoms with van der Waals surface area (Å²) in [6.07, 6.45) is 3.68.